The van der Waals surface area contributed by atoms with Gasteiger partial charge in [0.1, 0.15) is 5.82 Å². The van der Waals surface area contributed by atoms with Crippen molar-refractivity contribution in [1.29, 1.82) is 0 Å². The maximum Gasteiger partial charge on any atom is 0.225 e. The standard InChI is InChI=1S/C16H20N6O/c1-12-7-19-15(20-8-12)22-5-2-16(11-22)6-13(10-23-16)21-14-9-17-3-4-18-14/h3-4,7-9,13H,2,5-6,10-11H2,1H3,(H,18,21)/t13-,16-/m1/s1. The van der Waals surface area contributed by atoms with Crippen LogP contribution in [0.4, 0.5) is 11.8 Å². The highest BCUT2D eigenvalue weighted by molar-refractivity contribution is 5.36. The Bertz CT molecular complexity index is 664. The quantitative estimate of drug-likeness (QED) is 0.918. The van der Waals surface area contributed by atoms with Gasteiger partial charge in [-0.15, -0.1) is 0 Å². The molecule has 4 heterocycles. The van der Waals surface area contributed by atoms with Crippen LogP contribution in [0.3, 0.4) is 0 Å². The number of hydrogen-bond donors (Lipinski definition) is 1. The number of aryl methyl sites for hydroxylation is 1. The first kappa shape index (κ1) is 14.3. The number of hydrogen-bond acceptors (Lipinski definition) is 7. The molecule has 23 heavy (non-hydrogen) atoms. The van der Waals surface area contributed by atoms with Crippen LogP contribution in [0.5, 0.6) is 0 Å². The van der Waals surface area contributed by atoms with Crippen molar-refractivity contribution in [3.8, 4) is 0 Å². The molecule has 2 atom stereocenters. The number of nitrogens with one attached hydrogen (secondary N) is 1. The van der Waals surface area contributed by atoms with Gasteiger partial charge < -0.3 is 15.0 Å². The summed E-state index contributed by atoms with van der Waals surface area (Å²) >= 11 is 0. The molecule has 0 saturated carbocycles. The highest BCUT2D eigenvalue weighted by atomic mass is 16.5. The molecule has 1 spiro atoms. The molecule has 2 fully saturated rings. The van der Waals surface area contributed by atoms with Crippen LogP contribution < -0.4 is 10.2 Å². The van der Waals surface area contributed by atoms with Crippen molar-refractivity contribution >= 4 is 11.8 Å². The Morgan fingerprint density at radius 2 is 2.09 bits per heavy atom. The Hall–Kier alpha value is -2.28. The minimum Gasteiger partial charge on any atom is -0.371 e. The summed E-state index contributed by atoms with van der Waals surface area (Å²) in [5.41, 5.74) is 0.974. The molecule has 2 aromatic heterocycles. The van der Waals surface area contributed by atoms with Crippen molar-refractivity contribution < 1.29 is 4.74 Å². The first-order chi connectivity index (χ1) is 11.2. The topological polar surface area (TPSA) is 76.1 Å². The first-order valence-corrected chi connectivity index (χ1v) is 7.93. The van der Waals surface area contributed by atoms with E-state index in [4.69, 9.17) is 4.74 Å². The van der Waals surface area contributed by atoms with E-state index < -0.39 is 0 Å². The van der Waals surface area contributed by atoms with E-state index >= 15 is 0 Å². The van der Waals surface area contributed by atoms with Crippen LogP contribution >= 0.6 is 0 Å². The zero-order valence-electron chi connectivity index (χ0n) is 13.1. The minimum atomic E-state index is -0.103. The SMILES string of the molecule is Cc1cnc(N2CC[C@@]3(C[C@@H](Nc4cnccn4)CO3)C2)nc1. The Morgan fingerprint density at radius 3 is 2.87 bits per heavy atom. The molecule has 0 unspecified atom stereocenters. The van der Waals surface area contributed by atoms with Crippen molar-refractivity contribution in [3.05, 3.63) is 36.5 Å². The van der Waals surface area contributed by atoms with Crippen LogP contribution in [-0.2, 0) is 4.74 Å². The van der Waals surface area contributed by atoms with Crippen LogP contribution in [0.25, 0.3) is 0 Å². The summed E-state index contributed by atoms with van der Waals surface area (Å²) in [4.78, 5) is 19.4. The second kappa shape index (κ2) is 5.73. The third-order valence-corrected chi connectivity index (χ3v) is 4.49. The van der Waals surface area contributed by atoms with Gasteiger partial charge in [-0.1, -0.05) is 0 Å². The van der Waals surface area contributed by atoms with Crippen LogP contribution in [-0.4, -0.2) is 51.3 Å². The molecule has 0 aromatic carbocycles. The molecule has 2 aromatic rings. The van der Waals surface area contributed by atoms with Gasteiger partial charge in [0.25, 0.3) is 0 Å². The lowest BCUT2D eigenvalue weighted by molar-refractivity contribution is 0.0228. The lowest BCUT2D eigenvalue weighted by atomic mass is 9.97. The number of rotatable bonds is 3. The number of aromatic nitrogens is 4. The Labute approximate surface area is 135 Å². The number of ether oxygens (including phenoxy) is 1. The largest absolute Gasteiger partial charge is 0.371 e. The molecule has 0 radical (unpaired) electrons. The smallest absolute Gasteiger partial charge is 0.225 e. The van der Waals surface area contributed by atoms with E-state index in [-0.39, 0.29) is 11.6 Å². The van der Waals surface area contributed by atoms with Crippen molar-refractivity contribution in [2.24, 2.45) is 0 Å². The summed E-state index contributed by atoms with van der Waals surface area (Å²) in [5.74, 6) is 1.59. The van der Waals surface area contributed by atoms with Crippen molar-refractivity contribution in [2.75, 3.05) is 29.9 Å². The lowest BCUT2D eigenvalue weighted by Gasteiger charge is -2.23. The molecule has 2 aliphatic rings. The predicted octanol–water partition coefficient (Wildman–Crippen LogP) is 1.42. The van der Waals surface area contributed by atoms with Gasteiger partial charge in [-0.2, -0.15) is 0 Å². The molecule has 120 valence electrons. The monoisotopic (exact) mass is 312 g/mol. The Kier molecular flexibility index (Phi) is 3.57. The van der Waals surface area contributed by atoms with E-state index in [1.807, 2.05) is 19.3 Å². The summed E-state index contributed by atoms with van der Waals surface area (Å²) in [6.07, 6.45) is 10.8. The molecule has 2 saturated heterocycles. The molecule has 7 nitrogen and oxygen atoms in total. The Morgan fingerprint density at radius 1 is 1.22 bits per heavy atom. The summed E-state index contributed by atoms with van der Waals surface area (Å²) in [7, 11) is 0. The fourth-order valence-electron chi connectivity index (χ4n) is 3.37. The van der Waals surface area contributed by atoms with Gasteiger partial charge in [-0.3, -0.25) is 4.98 Å². The van der Waals surface area contributed by atoms with Gasteiger partial charge in [0.05, 0.1) is 31.0 Å². The van der Waals surface area contributed by atoms with Gasteiger partial charge in [0, 0.05) is 37.8 Å². The fourth-order valence-corrected chi connectivity index (χ4v) is 3.37. The lowest BCUT2D eigenvalue weighted by Crippen LogP contribution is -2.34. The summed E-state index contributed by atoms with van der Waals surface area (Å²) < 4.78 is 6.15. The predicted molar refractivity (Wildman–Crippen MR) is 86.3 cm³/mol. The molecular formula is C16H20N6O. The maximum absolute atomic E-state index is 6.15. The summed E-state index contributed by atoms with van der Waals surface area (Å²) in [6.45, 7) is 4.47. The molecule has 0 amide bonds. The van der Waals surface area contributed by atoms with Crippen molar-refractivity contribution in [2.45, 2.75) is 31.4 Å². The molecule has 2 aliphatic heterocycles. The Balaban J connectivity index is 1.40. The van der Waals surface area contributed by atoms with Crippen LogP contribution in [0.1, 0.15) is 18.4 Å². The molecule has 0 aliphatic carbocycles. The van der Waals surface area contributed by atoms with E-state index in [1.54, 1.807) is 18.6 Å². The van der Waals surface area contributed by atoms with Gasteiger partial charge in [0.15, 0.2) is 0 Å². The van der Waals surface area contributed by atoms with Gasteiger partial charge in [-0.25, -0.2) is 15.0 Å². The molecule has 0 bridgehead atoms. The second-order valence-electron chi connectivity index (χ2n) is 6.36. The molecule has 1 N–H and O–H groups in total. The van der Waals surface area contributed by atoms with E-state index in [2.05, 4.69) is 30.2 Å². The molecular weight excluding hydrogens is 292 g/mol. The fraction of sp³-hybridized carbons (Fsp3) is 0.500. The van der Waals surface area contributed by atoms with Gasteiger partial charge in [0.2, 0.25) is 5.95 Å². The summed E-state index contributed by atoms with van der Waals surface area (Å²) in [5, 5.41) is 3.41. The van der Waals surface area contributed by atoms with E-state index in [9.17, 15) is 0 Å². The number of nitrogens with zero attached hydrogens (tertiary/aromatic N) is 5. The van der Waals surface area contributed by atoms with Crippen LogP contribution in [0.2, 0.25) is 0 Å². The van der Waals surface area contributed by atoms with Crippen molar-refractivity contribution in [1.82, 2.24) is 19.9 Å². The van der Waals surface area contributed by atoms with Crippen LogP contribution in [0, 0.1) is 6.92 Å². The highest BCUT2D eigenvalue weighted by Gasteiger charge is 2.46. The minimum absolute atomic E-state index is 0.103. The maximum atomic E-state index is 6.15. The third-order valence-electron chi connectivity index (χ3n) is 4.49. The zero-order chi connectivity index (χ0) is 15.7. The average molecular weight is 312 g/mol. The number of anilines is 2. The van der Waals surface area contributed by atoms with E-state index in [1.165, 1.54) is 0 Å². The molecule has 7 heteroatoms. The van der Waals surface area contributed by atoms with Crippen LogP contribution in [0.15, 0.2) is 31.0 Å². The van der Waals surface area contributed by atoms with Crippen molar-refractivity contribution in [3.63, 3.8) is 0 Å². The second-order valence-corrected chi connectivity index (χ2v) is 6.36. The average Bonchev–Trinajstić information content (AvgIpc) is 3.16. The highest BCUT2D eigenvalue weighted by Crippen LogP contribution is 2.36. The first-order valence-electron chi connectivity index (χ1n) is 7.93. The van der Waals surface area contributed by atoms with Gasteiger partial charge in [-0.05, 0) is 18.9 Å². The third kappa shape index (κ3) is 2.96. The van der Waals surface area contributed by atoms with Gasteiger partial charge >= 0.3 is 0 Å². The van der Waals surface area contributed by atoms with E-state index in [0.29, 0.717) is 6.61 Å². The van der Waals surface area contributed by atoms with E-state index in [0.717, 1.165) is 43.3 Å². The summed E-state index contributed by atoms with van der Waals surface area (Å²) in [6, 6.07) is 0.269. The molecule has 4 rings (SSSR count). The zero-order valence-corrected chi connectivity index (χ0v) is 13.1. The normalized spacial score (nSPS) is 26.8.